The highest BCUT2D eigenvalue weighted by atomic mass is 19.1. The Labute approximate surface area is 180 Å². The minimum atomic E-state index is -0.371. The van der Waals surface area contributed by atoms with Crippen molar-refractivity contribution in [2.24, 2.45) is 5.92 Å². The topological polar surface area (TPSA) is 68.3 Å². The summed E-state index contributed by atoms with van der Waals surface area (Å²) in [6.07, 6.45) is 4.62. The Hall–Kier alpha value is -3.54. The van der Waals surface area contributed by atoms with Gasteiger partial charge in [0.15, 0.2) is 6.29 Å². The molecule has 0 radical (unpaired) electrons. The fourth-order valence-corrected chi connectivity index (χ4v) is 3.25. The number of pyridine rings is 1. The zero-order valence-corrected chi connectivity index (χ0v) is 17.2. The minimum absolute atomic E-state index is 0.174. The van der Waals surface area contributed by atoms with Gasteiger partial charge in [-0.2, -0.15) is 0 Å². The van der Waals surface area contributed by atoms with E-state index in [1.54, 1.807) is 43.5 Å². The Kier molecular flexibility index (Phi) is 6.07. The monoisotopic (exact) mass is 418 g/mol. The largest absolute Gasteiger partial charge is 0.477 e. The summed E-state index contributed by atoms with van der Waals surface area (Å²) in [4.78, 5) is 28.8. The quantitative estimate of drug-likeness (QED) is 0.537. The molecule has 1 aromatic heterocycles. The first-order valence-corrected chi connectivity index (χ1v) is 10.3. The molecular weight excluding hydrogens is 395 g/mol. The smallest absolute Gasteiger partial charge is 0.257 e. The van der Waals surface area contributed by atoms with Crippen LogP contribution in [0.25, 0.3) is 11.1 Å². The van der Waals surface area contributed by atoms with Crippen molar-refractivity contribution >= 4 is 12.2 Å². The van der Waals surface area contributed by atoms with E-state index in [1.807, 2.05) is 12.1 Å². The van der Waals surface area contributed by atoms with Gasteiger partial charge in [-0.25, -0.2) is 9.37 Å². The summed E-state index contributed by atoms with van der Waals surface area (Å²) in [5.41, 5.74) is 3.34. The molecule has 0 aliphatic heterocycles. The van der Waals surface area contributed by atoms with E-state index >= 15 is 0 Å². The molecule has 6 heteroatoms. The van der Waals surface area contributed by atoms with Gasteiger partial charge in [0.2, 0.25) is 5.88 Å². The van der Waals surface area contributed by atoms with Crippen molar-refractivity contribution in [3.63, 3.8) is 0 Å². The molecule has 5 nitrogen and oxygen atoms in total. The summed E-state index contributed by atoms with van der Waals surface area (Å²) in [5.74, 6) is 0.0783. The van der Waals surface area contributed by atoms with E-state index in [4.69, 9.17) is 4.74 Å². The van der Waals surface area contributed by atoms with Crippen LogP contribution in [0.15, 0.2) is 54.7 Å². The Balaban J connectivity index is 1.60. The molecule has 2 aromatic carbocycles. The molecule has 0 spiro atoms. The van der Waals surface area contributed by atoms with Gasteiger partial charge in [0.1, 0.15) is 11.4 Å². The van der Waals surface area contributed by atoms with Gasteiger partial charge < -0.3 is 10.1 Å². The van der Waals surface area contributed by atoms with Crippen LogP contribution in [-0.4, -0.2) is 23.8 Å². The van der Waals surface area contributed by atoms with Crippen molar-refractivity contribution in [1.29, 1.82) is 0 Å². The highest BCUT2D eigenvalue weighted by Gasteiger charge is 2.24. The van der Waals surface area contributed by atoms with Gasteiger partial charge in [0.25, 0.3) is 5.91 Å². The van der Waals surface area contributed by atoms with Crippen LogP contribution >= 0.6 is 0 Å². The van der Waals surface area contributed by atoms with E-state index in [9.17, 15) is 14.0 Å². The second kappa shape index (κ2) is 9.08. The van der Waals surface area contributed by atoms with E-state index in [0.717, 1.165) is 19.1 Å². The highest BCUT2D eigenvalue weighted by Crippen LogP contribution is 2.31. The standard InChI is InChI=1S/C25H23FN2O3/c1-16-6-7-18(10-23(16)26)12-27-24(30)22-11-20(21-5-3-2-4-19(21)14-29)13-28-25(22)31-15-17-8-9-17/h2-7,10-11,13-14,17H,8-9,12,15H2,1H3,(H,27,30). The maximum absolute atomic E-state index is 13.8. The lowest BCUT2D eigenvalue weighted by molar-refractivity contribution is 0.0945. The summed E-state index contributed by atoms with van der Waals surface area (Å²) in [6, 6.07) is 13.7. The number of aromatic nitrogens is 1. The molecule has 31 heavy (non-hydrogen) atoms. The fraction of sp³-hybridized carbons (Fsp3) is 0.240. The number of carbonyl (C=O) groups excluding carboxylic acids is 2. The first kappa shape index (κ1) is 20.7. The van der Waals surface area contributed by atoms with E-state index in [-0.39, 0.29) is 29.7 Å². The number of aldehydes is 1. The van der Waals surface area contributed by atoms with Crippen LogP contribution < -0.4 is 10.1 Å². The first-order chi connectivity index (χ1) is 15.0. The third-order valence-electron chi connectivity index (χ3n) is 5.34. The normalized spacial score (nSPS) is 13.0. The molecule has 1 aliphatic rings. The van der Waals surface area contributed by atoms with Gasteiger partial charge in [-0.1, -0.05) is 36.4 Å². The van der Waals surface area contributed by atoms with Gasteiger partial charge in [-0.3, -0.25) is 9.59 Å². The number of nitrogens with one attached hydrogen (secondary N) is 1. The molecule has 1 fully saturated rings. The van der Waals surface area contributed by atoms with Crippen LogP contribution in [0.5, 0.6) is 5.88 Å². The fourth-order valence-electron chi connectivity index (χ4n) is 3.25. The zero-order valence-electron chi connectivity index (χ0n) is 17.2. The number of carbonyl (C=O) groups is 2. The van der Waals surface area contributed by atoms with E-state index in [1.165, 1.54) is 6.07 Å². The second-order valence-electron chi connectivity index (χ2n) is 7.80. The van der Waals surface area contributed by atoms with Gasteiger partial charge in [-0.15, -0.1) is 0 Å². The van der Waals surface area contributed by atoms with E-state index in [0.29, 0.717) is 40.3 Å². The van der Waals surface area contributed by atoms with Crippen molar-refractivity contribution in [3.8, 4) is 17.0 Å². The number of hydrogen-bond acceptors (Lipinski definition) is 4. The number of hydrogen-bond donors (Lipinski definition) is 1. The van der Waals surface area contributed by atoms with Crippen molar-refractivity contribution in [3.05, 3.63) is 82.8 Å². The molecule has 0 unspecified atom stereocenters. The first-order valence-electron chi connectivity index (χ1n) is 10.3. The maximum Gasteiger partial charge on any atom is 0.257 e. The zero-order chi connectivity index (χ0) is 21.8. The number of ether oxygens (including phenoxy) is 1. The van der Waals surface area contributed by atoms with E-state index < -0.39 is 0 Å². The van der Waals surface area contributed by atoms with Gasteiger partial charge >= 0.3 is 0 Å². The number of aryl methyl sites for hydroxylation is 1. The lowest BCUT2D eigenvalue weighted by atomic mass is 10.0. The molecular formula is C25H23FN2O3. The van der Waals surface area contributed by atoms with Crippen LogP contribution in [0.2, 0.25) is 0 Å². The van der Waals surface area contributed by atoms with Crippen molar-refractivity contribution in [2.45, 2.75) is 26.3 Å². The lowest BCUT2D eigenvalue weighted by Gasteiger charge is -2.13. The molecule has 1 amide bonds. The summed E-state index contributed by atoms with van der Waals surface area (Å²) in [7, 11) is 0. The van der Waals surface area contributed by atoms with Crippen LogP contribution in [0.4, 0.5) is 4.39 Å². The maximum atomic E-state index is 13.8. The SMILES string of the molecule is Cc1ccc(CNC(=O)c2cc(-c3ccccc3C=O)cnc2OCC2CC2)cc1F. The number of nitrogens with zero attached hydrogens (tertiary/aromatic N) is 1. The Bertz CT molecular complexity index is 1130. The number of halogens is 1. The molecule has 0 atom stereocenters. The van der Waals surface area contributed by atoms with Gasteiger partial charge in [0, 0.05) is 23.9 Å². The Morgan fingerprint density at radius 2 is 2.03 bits per heavy atom. The number of benzene rings is 2. The second-order valence-corrected chi connectivity index (χ2v) is 7.80. The summed E-state index contributed by atoms with van der Waals surface area (Å²) >= 11 is 0. The van der Waals surface area contributed by atoms with Crippen molar-refractivity contribution in [2.75, 3.05) is 6.61 Å². The Morgan fingerprint density at radius 3 is 2.77 bits per heavy atom. The van der Waals surface area contributed by atoms with Crippen LogP contribution in [-0.2, 0) is 6.54 Å². The molecule has 1 heterocycles. The molecule has 1 saturated carbocycles. The van der Waals surface area contributed by atoms with Gasteiger partial charge in [0.05, 0.1) is 6.61 Å². The number of rotatable bonds is 8. The molecule has 4 rings (SSSR count). The summed E-state index contributed by atoms with van der Waals surface area (Å²) in [5, 5.41) is 2.82. The van der Waals surface area contributed by atoms with E-state index in [2.05, 4.69) is 10.3 Å². The molecule has 0 saturated heterocycles. The molecule has 1 aliphatic carbocycles. The lowest BCUT2D eigenvalue weighted by Crippen LogP contribution is -2.24. The number of amides is 1. The van der Waals surface area contributed by atoms with Crippen LogP contribution in [0, 0.1) is 18.7 Å². The van der Waals surface area contributed by atoms with Crippen LogP contribution in [0.3, 0.4) is 0 Å². The van der Waals surface area contributed by atoms with Crippen LogP contribution in [0.1, 0.15) is 44.7 Å². The van der Waals surface area contributed by atoms with Gasteiger partial charge in [-0.05, 0) is 54.5 Å². The molecule has 158 valence electrons. The molecule has 3 aromatic rings. The predicted molar refractivity (Wildman–Crippen MR) is 116 cm³/mol. The highest BCUT2D eigenvalue weighted by molar-refractivity contribution is 5.98. The third-order valence-corrected chi connectivity index (χ3v) is 5.34. The predicted octanol–water partition coefficient (Wildman–Crippen LogP) is 4.73. The van der Waals surface area contributed by atoms with Crippen molar-refractivity contribution < 1.29 is 18.7 Å². The average Bonchev–Trinajstić information content (AvgIpc) is 3.62. The average molecular weight is 418 g/mol. The minimum Gasteiger partial charge on any atom is -0.477 e. The summed E-state index contributed by atoms with van der Waals surface area (Å²) in [6.45, 7) is 2.38. The van der Waals surface area contributed by atoms with Crippen molar-refractivity contribution in [1.82, 2.24) is 10.3 Å². The molecule has 0 bridgehead atoms. The molecule has 1 N–H and O–H groups in total. The Morgan fingerprint density at radius 1 is 1.23 bits per heavy atom. The third kappa shape index (κ3) is 4.97. The summed E-state index contributed by atoms with van der Waals surface area (Å²) < 4.78 is 19.6.